The molecule has 6 heteroatoms. The van der Waals surface area contributed by atoms with Crippen molar-refractivity contribution in [1.29, 1.82) is 0 Å². The summed E-state index contributed by atoms with van der Waals surface area (Å²) in [4.78, 5) is 23.4. The largest absolute Gasteiger partial charge is 0.480 e. The second kappa shape index (κ2) is 7.94. The minimum Gasteiger partial charge on any atom is -0.480 e. The van der Waals surface area contributed by atoms with E-state index in [1.54, 1.807) is 17.8 Å². The molecule has 0 saturated heterocycles. The molecule has 0 saturated carbocycles. The van der Waals surface area contributed by atoms with Gasteiger partial charge in [-0.2, -0.15) is 11.8 Å². The molecule has 0 aliphatic heterocycles. The molecule has 0 unspecified atom stereocenters. The third-order valence-corrected chi connectivity index (χ3v) is 3.65. The highest BCUT2D eigenvalue weighted by atomic mass is 32.2. The van der Waals surface area contributed by atoms with Gasteiger partial charge in [-0.05, 0) is 36.0 Å². The summed E-state index contributed by atoms with van der Waals surface area (Å²) in [7, 11) is 0. The number of aliphatic carboxylic acids is 1. The van der Waals surface area contributed by atoms with E-state index in [0.717, 1.165) is 4.88 Å². The zero-order chi connectivity index (χ0) is 13.4. The number of thioether (sulfide) groups is 1. The van der Waals surface area contributed by atoms with E-state index in [9.17, 15) is 9.59 Å². The van der Waals surface area contributed by atoms with Gasteiger partial charge in [-0.1, -0.05) is 6.07 Å². The number of carbonyl (C=O) groups excluding carboxylic acids is 1. The van der Waals surface area contributed by atoms with Crippen LogP contribution < -0.4 is 5.32 Å². The van der Waals surface area contributed by atoms with Gasteiger partial charge in [0, 0.05) is 11.0 Å². The Bertz CT molecular complexity index is 415. The minimum absolute atomic E-state index is 0.378. The SMILES string of the molecule is CSCC[C@@H](NC(=O)/C=C/c1cccs1)C(=O)O. The molecule has 1 aromatic rings. The first-order valence-corrected chi connectivity index (χ1v) is 7.64. The summed E-state index contributed by atoms with van der Waals surface area (Å²) in [5.41, 5.74) is 0. The first kappa shape index (κ1) is 14.8. The second-order valence-electron chi connectivity index (χ2n) is 3.53. The summed E-state index contributed by atoms with van der Waals surface area (Å²) >= 11 is 3.07. The van der Waals surface area contributed by atoms with Crippen molar-refractivity contribution in [2.24, 2.45) is 0 Å². The van der Waals surface area contributed by atoms with E-state index >= 15 is 0 Å². The molecule has 0 spiro atoms. The number of carboxylic acid groups (broad SMARTS) is 1. The lowest BCUT2D eigenvalue weighted by Crippen LogP contribution is -2.40. The van der Waals surface area contributed by atoms with Crippen molar-refractivity contribution in [3.05, 3.63) is 28.5 Å². The van der Waals surface area contributed by atoms with Crippen molar-refractivity contribution in [2.75, 3.05) is 12.0 Å². The van der Waals surface area contributed by atoms with Gasteiger partial charge in [-0.3, -0.25) is 4.79 Å². The Hall–Kier alpha value is -1.27. The molecule has 1 aromatic heterocycles. The molecule has 0 aliphatic rings. The highest BCUT2D eigenvalue weighted by Crippen LogP contribution is 2.10. The number of rotatable bonds is 7. The third kappa shape index (κ3) is 5.37. The molecule has 0 aromatic carbocycles. The Balaban J connectivity index is 2.48. The number of thiophene rings is 1. The number of nitrogens with one attached hydrogen (secondary N) is 1. The molecule has 1 heterocycles. The topological polar surface area (TPSA) is 66.4 Å². The van der Waals surface area contributed by atoms with Crippen molar-refractivity contribution in [1.82, 2.24) is 5.32 Å². The molecular formula is C12H15NO3S2. The summed E-state index contributed by atoms with van der Waals surface area (Å²) in [6, 6.07) is 2.95. The third-order valence-electron chi connectivity index (χ3n) is 2.17. The molecule has 0 fully saturated rings. The molecule has 1 rings (SSSR count). The summed E-state index contributed by atoms with van der Waals surface area (Å²) in [5.74, 6) is -0.676. The van der Waals surface area contributed by atoms with Crippen molar-refractivity contribution < 1.29 is 14.7 Å². The van der Waals surface area contributed by atoms with E-state index in [0.29, 0.717) is 12.2 Å². The molecule has 4 nitrogen and oxygen atoms in total. The maximum absolute atomic E-state index is 11.6. The highest BCUT2D eigenvalue weighted by molar-refractivity contribution is 7.98. The molecular weight excluding hydrogens is 270 g/mol. The lowest BCUT2D eigenvalue weighted by atomic mass is 10.2. The lowest BCUT2D eigenvalue weighted by molar-refractivity contribution is -0.141. The predicted octanol–water partition coefficient (Wildman–Crippen LogP) is 2.08. The predicted molar refractivity (Wildman–Crippen MR) is 75.9 cm³/mol. The maximum atomic E-state index is 11.6. The van der Waals surface area contributed by atoms with Crippen LogP contribution in [0.4, 0.5) is 0 Å². The molecule has 18 heavy (non-hydrogen) atoms. The van der Waals surface area contributed by atoms with Gasteiger partial charge in [0.15, 0.2) is 0 Å². The van der Waals surface area contributed by atoms with Gasteiger partial charge in [0.05, 0.1) is 0 Å². The van der Waals surface area contributed by atoms with E-state index in [4.69, 9.17) is 5.11 Å². The van der Waals surface area contributed by atoms with Crippen LogP contribution in [-0.4, -0.2) is 35.0 Å². The van der Waals surface area contributed by atoms with Crippen molar-refractivity contribution in [3.63, 3.8) is 0 Å². The van der Waals surface area contributed by atoms with Gasteiger partial charge in [-0.15, -0.1) is 11.3 Å². The van der Waals surface area contributed by atoms with E-state index in [-0.39, 0.29) is 5.91 Å². The Morgan fingerprint density at radius 2 is 2.39 bits per heavy atom. The van der Waals surface area contributed by atoms with Crippen LogP contribution >= 0.6 is 23.1 Å². The second-order valence-corrected chi connectivity index (χ2v) is 5.49. The quantitative estimate of drug-likeness (QED) is 0.753. The zero-order valence-corrected chi connectivity index (χ0v) is 11.6. The van der Waals surface area contributed by atoms with Crippen LogP contribution in [0.25, 0.3) is 6.08 Å². The monoisotopic (exact) mass is 285 g/mol. The van der Waals surface area contributed by atoms with E-state index in [1.165, 1.54) is 17.4 Å². The standard InChI is InChI=1S/C12H15NO3S2/c1-17-8-6-10(12(15)16)13-11(14)5-4-9-3-2-7-18-9/h2-5,7,10H,6,8H2,1H3,(H,13,14)(H,15,16)/b5-4+/t10-/m1/s1. The van der Waals surface area contributed by atoms with Crippen LogP contribution in [-0.2, 0) is 9.59 Å². The maximum Gasteiger partial charge on any atom is 0.326 e. The van der Waals surface area contributed by atoms with E-state index in [1.807, 2.05) is 23.8 Å². The first-order chi connectivity index (χ1) is 8.63. The van der Waals surface area contributed by atoms with Crippen molar-refractivity contribution in [3.8, 4) is 0 Å². The van der Waals surface area contributed by atoms with Gasteiger partial charge >= 0.3 is 5.97 Å². The Labute approximate surface area is 114 Å². The van der Waals surface area contributed by atoms with E-state index < -0.39 is 12.0 Å². The molecule has 1 amide bonds. The lowest BCUT2D eigenvalue weighted by Gasteiger charge is -2.12. The van der Waals surface area contributed by atoms with Crippen LogP contribution in [0.1, 0.15) is 11.3 Å². The number of carbonyl (C=O) groups is 2. The van der Waals surface area contributed by atoms with Crippen LogP contribution in [0.3, 0.4) is 0 Å². The summed E-state index contributed by atoms with van der Waals surface area (Å²) in [6.45, 7) is 0. The molecule has 0 radical (unpaired) electrons. The van der Waals surface area contributed by atoms with Crippen molar-refractivity contribution >= 4 is 41.1 Å². The summed E-state index contributed by atoms with van der Waals surface area (Å²) in [5, 5.41) is 13.3. The van der Waals surface area contributed by atoms with Gasteiger partial charge in [-0.25, -0.2) is 4.79 Å². The van der Waals surface area contributed by atoms with Crippen LogP contribution in [0.2, 0.25) is 0 Å². The first-order valence-electron chi connectivity index (χ1n) is 5.37. The molecule has 98 valence electrons. The van der Waals surface area contributed by atoms with Gasteiger partial charge < -0.3 is 10.4 Å². The number of amides is 1. The number of hydrogen-bond donors (Lipinski definition) is 2. The van der Waals surface area contributed by atoms with Crippen LogP contribution in [0.15, 0.2) is 23.6 Å². The number of carboxylic acids is 1. The van der Waals surface area contributed by atoms with Crippen molar-refractivity contribution in [2.45, 2.75) is 12.5 Å². The van der Waals surface area contributed by atoms with Gasteiger partial charge in [0.25, 0.3) is 0 Å². The number of hydrogen-bond acceptors (Lipinski definition) is 4. The smallest absolute Gasteiger partial charge is 0.326 e. The summed E-state index contributed by atoms with van der Waals surface area (Å²) in [6.07, 6.45) is 5.36. The normalized spacial score (nSPS) is 12.5. The fourth-order valence-corrected chi connectivity index (χ4v) is 2.35. The average molecular weight is 285 g/mol. The Morgan fingerprint density at radius 3 is 2.94 bits per heavy atom. The van der Waals surface area contributed by atoms with Gasteiger partial charge in [0.2, 0.25) is 5.91 Å². The van der Waals surface area contributed by atoms with Crippen LogP contribution in [0.5, 0.6) is 0 Å². The Morgan fingerprint density at radius 1 is 1.61 bits per heavy atom. The molecule has 0 aliphatic carbocycles. The fourth-order valence-electron chi connectivity index (χ4n) is 1.26. The molecule has 0 bridgehead atoms. The minimum atomic E-state index is -0.998. The summed E-state index contributed by atoms with van der Waals surface area (Å²) < 4.78 is 0. The zero-order valence-electron chi connectivity index (χ0n) is 9.96. The molecule has 1 atom stereocenters. The average Bonchev–Trinajstić information content (AvgIpc) is 2.84. The Kier molecular flexibility index (Phi) is 6.53. The fraction of sp³-hybridized carbons (Fsp3) is 0.333. The van der Waals surface area contributed by atoms with E-state index in [2.05, 4.69) is 5.32 Å². The molecule has 2 N–H and O–H groups in total. The highest BCUT2D eigenvalue weighted by Gasteiger charge is 2.17. The van der Waals surface area contributed by atoms with Crippen LogP contribution in [0, 0.1) is 0 Å². The van der Waals surface area contributed by atoms with Gasteiger partial charge in [0.1, 0.15) is 6.04 Å².